The molecule has 1 aromatic rings. The Bertz CT molecular complexity index is 306. The summed E-state index contributed by atoms with van der Waals surface area (Å²) < 4.78 is 0. The van der Waals surface area contributed by atoms with Gasteiger partial charge in [-0.25, -0.2) is 0 Å². The molecule has 0 unspecified atom stereocenters. The second kappa shape index (κ2) is 1.97. The number of hydrogen-bond acceptors (Lipinski definition) is 0. The van der Waals surface area contributed by atoms with E-state index in [0.29, 0.717) is 0 Å². The monoisotopic (exact) mass is 143 g/mol. The molecule has 0 heteroatoms. The van der Waals surface area contributed by atoms with Gasteiger partial charge in [-0.05, 0) is 17.2 Å². The summed E-state index contributed by atoms with van der Waals surface area (Å²) in [6, 6.07) is 9.40. The second-order valence-corrected chi connectivity index (χ2v) is 3.55. The maximum Gasteiger partial charge on any atom is 0.00847 e. The summed E-state index contributed by atoms with van der Waals surface area (Å²) in [5.74, 6) is 0. The lowest BCUT2D eigenvalue weighted by Gasteiger charge is -2.16. The van der Waals surface area contributed by atoms with Crippen molar-refractivity contribution in [3.05, 3.63) is 41.5 Å². The molecule has 1 aromatic carbocycles. The van der Waals surface area contributed by atoms with Crippen molar-refractivity contribution in [2.24, 2.45) is 0 Å². The molecule has 0 N–H and O–H groups in total. The van der Waals surface area contributed by atoms with E-state index in [1.165, 1.54) is 11.1 Å². The summed E-state index contributed by atoms with van der Waals surface area (Å²) in [6.07, 6.45) is 4.38. The first kappa shape index (κ1) is 6.66. The van der Waals surface area contributed by atoms with Crippen molar-refractivity contribution in [1.29, 1.82) is 0 Å². The van der Waals surface area contributed by atoms with E-state index < -0.39 is 0 Å². The lowest BCUT2D eigenvalue weighted by Crippen LogP contribution is -2.10. The van der Waals surface area contributed by atoms with E-state index in [2.05, 4.69) is 38.1 Å². The second-order valence-electron chi connectivity index (χ2n) is 3.55. The molecule has 1 aliphatic carbocycles. The van der Waals surface area contributed by atoms with Gasteiger partial charge in [0.05, 0.1) is 0 Å². The molecule has 0 saturated heterocycles. The van der Waals surface area contributed by atoms with Crippen molar-refractivity contribution in [2.75, 3.05) is 0 Å². The molecule has 1 aliphatic rings. The third kappa shape index (κ3) is 0.900. The van der Waals surface area contributed by atoms with E-state index in [4.69, 9.17) is 0 Å². The van der Waals surface area contributed by atoms with Crippen LogP contribution in [0.2, 0.25) is 0 Å². The van der Waals surface area contributed by atoms with Gasteiger partial charge in [0.25, 0.3) is 0 Å². The lowest BCUT2D eigenvalue weighted by atomic mass is 9.87. The molecule has 0 saturated carbocycles. The van der Waals surface area contributed by atoms with Crippen LogP contribution in [0.25, 0.3) is 6.08 Å². The molecule has 0 bridgehead atoms. The van der Waals surface area contributed by atoms with Gasteiger partial charge in [0.1, 0.15) is 0 Å². The molecular formula is C11H11. The van der Waals surface area contributed by atoms with Crippen molar-refractivity contribution in [1.82, 2.24) is 0 Å². The number of allylic oxidation sites excluding steroid dienone is 1. The van der Waals surface area contributed by atoms with E-state index in [-0.39, 0.29) is 5.41 Å². The highest BCUT2D eigenvalue weighted by atomic mass is 14.3. The zero-order chi connectivity index (χ0) is 7.90. The Morgan fingerprint density at radius 1 is 1.36 bits per heavy atom. The third-order valence-electron chi connectivity index (χ3n) is 2.25. The largest absolute Gasteiger partial charge is 0.0738 e. The van der Waals surface area contributed by atoms with E-state index in [1.807, 2.05) is 12.1 Å². The minimum Gasteiger partial charge on any atom is -0.0738 e. The summed E-state index contributed by atoms with van der Waals surface area (Å²) in [5.41, 5.74) is 2.85. The van der Waals surface area contributed by atoms with Crippen LogP contribution < -0.4 is 0 Å². The first-order valence-corrected chi connectivity index (χ1v) is 3.90. The quantitative estimate of drug-likeness (QED) is 0.524. The van der Waals surface area contributed by atoms with E-state index in [9.17, 15) is 0 Å². The maximum atomic E-state index is 3.22. The molecule has 0 fully saturated rings. The molecule has 0 amide bonds. The Kier molecular flexibility index (Phi) is 1.19. The molecule has 2 rings (SSSR count). The highest BCUT2D eigenvalue weighted by Gasteiger charge is 2.23. The molecular weight excluding hydrogens is 132 g/mol. The van der Waals surface area contributed by atoms with Gasteiger partial charge in [0.15, 0.2) is 0 Å². The van der Waals surface area contributed by atoms with Gasteiger partial charge < -0.3 is 0 Å². The van der Waals surface area contributed by atoms with E-state index in [1.54, 1.807) is 0 Å². The van der Waals surface area contributed by atoms with Crippen LogP contribution in [0.1, 0.15) is 25.0 Å². The fourth-order valence-electron chi connectivity index (χ4n) is 1.53. The van der Waals surface area contributed by atoms with Crippen molar-refractivity contribution in [3.63, 3.8) is 0 Å². The van der Waals surface area contributed by atoms with Gasteiger partial charge in [-0.2, -0.15) is 0 Å². The minimum atomic E-state index is 0.215. The lowest BCUT2D eigenvalue weighted by molar-refractivity contribution is 0.683. The van der Waals surface area contributed by atoms with Gasteiger partial charge in [0, 0.05) is 5.41 Å². The van der Waals surface area contributed by atoms with Gasteiger partial charge in [-0.15, -0.1) is 0 Å². The average molecular weight is 143 g/mol. The van der Waals surface area contributed by atoms with Gasteiger partial charge in [0.2, 0.25) is 0 Å². The van der Waals surface area contributed by atoms with Gasteiger partial charge in [-0.3, -0.25) is 0 Å². The molecule has 0 atom stereocenters. The van der Waals surface area contributed by atoms with Gasteiger partial charge >= 0.3 is 0 Å². The average Bonchev–Trinajstić information content (AvgIpc) is 2.29. The summed E-state index contributed by atoms with van der Waals surface area (Å²) in [7, 11) is 0. The van der Waals surface area contributed by atoms with Crippen LogP contribution in [0.4, 0.5) is 0 Å². The Labute approximate surface area is 67.6 Å². The van der Waals surface area contributed by atoms with Crippen LogP contribution in [0.3, 0.4) is 0 Å². The molecule has 0 heterocycles. The predicted octanol–water partition coefficient (Wildman–Crippen LogP) is 2.79. The van der Waals surface area contributed by atoms with Crippen molar-refractivity contribution in [2.45, 2.75) is 19.3 Å². The molecule has 1 radical (unpaired) electrons. The fourth-order valence-corrected chi connectivity index (χ4v) is 1.53. The van der Waals surface area contributed by atoms with Crippen LogP contribution in [0.15, 0.2) is 24.3 Å². The molecule has 0 nitrogen and oxygen atoms in total. The number of hydrogen-bond donors (Lipinski definition) is 0. The first-order chi connectivity index (χ1) is 5.20. The summed E-state index contributed by atoms with van der Waals surface area (Å²) in [4.78, 5) is 0. The zero-order valence-electron chi connectivity index (χ0n) is 6.89. The Balaban J connectivity index is 2.64. The Morgan fingerprint density at radius 2 is 2.18 bits per heavy atom. The molecule has 0 spiro atoms. The first-order valence-electron chi connectivity index (χ1n) is 3.90. The topological polar surface area (TPSA) is 0 Å². The van der Waals surface area contributed by atoms with Crippen LogP contribution in [0.5, 0.6) is 0 Å². The Morgan fingerprint density at radius 3 is 2.91 bits per heavy atom. The third-order valence-corrected chi connectivity index (χ3v) is 2.25. The van der Waals surface area contributed by atoms with Crippen molar-refractivity contribution >= 4 is 6.08 Å². The molecule has 0 aromatic heterocycles. The van der Waals surface area contributed by atoms with E-state index >= 15 is 0 Å². The molecule has 55 valence electrons. The van der Waals surface area contributed by atoms with Crippen LogP contribution in [0, 0.1) is 6.07 Å². The van der Waals surface area contributed by atoms with Crippen LogP contribution >= 0.6 is 0 Å². The van der Waals surface area contributed by atoms with Crippen LogP contribution in [-0.4, -0.2) is 0 Å². The van der Waals surface area contributed by atoms with Crippen molar-refractivity contribution < 1.29 is 0 Å². The number of rotatable bonds is 0. The summed E-state index contributed by atoms with van der Waals surface area (Å²) in [6.45, 7) is 4.45. The Hall–Kier alpha value is -1.04. The standard InChI is InChI=1S/C11H11/c1-11(2)8-7-9-5-3-4-6-10(9)11/h3-4,6-8H,1-2H3. The normalized spacial score (nSPS) is 18.4. The SMILES string of the molecule is CC1(C)C=Cc2[c]cccc21. The summed E-state index contributed by atoms with van der Waals surface area (Å²) >= 11 is 0. The van der Waals surface area contributed by atoms with Gasteiger partial charge in [-0.1, -0.05) is 44.2 Å². The maximum absolute atomic E-state index is 3.22. The molecule has 0 aliphatic heterocycles. The smallest absolute Gasteiger partial charge is 0.00847 e. The van der Waals surface area contributed by atoms with E-state index in [0.717, 1.165) is 0 Å². The number of fused-ring (bicyclic) bond motifs is 1. The van der Waals surface area contributed by atoms with Crippen molar-refractivity contribution in [3.8, 4) is 0 Å². The predicted molar refractivity (Wildman–Crippen MR) is 47.3 cm³/mol. The zero-order valence-corrected chi connectivity index (χ0v) is 6.89. The highest BCUT2D eigenvalue weighted by Crippen LogP contribution is 2.34. The minimum absolute atomic E-state index is 0.215. The van der Waals surface area contributed by atoms with Crippen LogP contribution in [-0.2, 0) is 5.41 Å². The highest BCUT2D eigenvalue weighted by molar-refractivity contribution is 5.63. The number of benzene rings is 1. The fraction of sp³-hybridized carbons (Fsp3) is 0.273. The summed E-state index contributed by atoms with van der Waals surface area (Å²) in [5, 5.41) is 0. The molecule has 11 heavy (non-hydrogen) atoms.